The first-order valence-electron chi connectivity index (χ1n) is 12.0. The molecule has 8 heteroatoms. The number of likely N-dealkylation sites (tertiary alicyclic amines) is 1. The molecule has 1 aromatic carbocycles. The van der Waals surface area contributed by atoms with Gasteiger partial charge in [-0.25, -0.2) is 0 Å². The Morgan fingerprint density at radius 1 is 1.16 bits per heavy atom. The predicted molar refractivity (Wildman–Crippen MR) is 140 cm³/mol. The van der Waals surface area contributed by atoms with Crippen LogP contribution >= 0.6 is 24.0 Å². The molecule has 2 atom stereocenters. The fourth-order valence-corrected chi connectivity index (χ4v) is 5.01. The summed E-state index contributed by atoms with van der Waals surface area (Å²) < 4.78 is 5.47. The van der Waals surface area contributed by atoms with Crippen LogP contribution in [0.5, 0.6) is 0 Å². The largest absolute Gasteiger partial charge is 0.390 e. The zero-order chi connectivity index (χ0) is 21.5. The van der Waals surface area contributed by atoms with E-state index in [9.17, 15) is 5.11 Å². The van der Waals surface area contributed by atoms with Gasteiger partial charge in [0, 0.05) is 58.9 Å². The molecule has 0 bridgehead atoms. The van der Waals surface area contributed by atoms with Crippen LogP contribution in [-0.2, 0) is 17.7 Å². The van der Waals surface area contributed by atoms with Crippen molar-refractivity contribution in [1.29, 1.82) is 0 Å². The van der Waals surface area contributed by atoms with Crippen molar-refractivity contribution in [2.45, 2.75) is 32.4 Å². The third-order valence-electron chi connectivity index (χ3n) is 6.67. The second-order valence-electron chi connectivity index (χ2n) is 9.12. The normalized spacial score (nSPS) is 23.5. The molecule has 2 saturated heterocycles. The Bertz CT molecular complexity index is 728. The summed E-state index contributed by atoms with van der Waals surface area (Å²) in [5, 5.41) is 14.1. The number of aliphatic imine (C=N–C) groups is 1. The van der Waals surface area contributed by atoms with E-state index in [0.29, 0.717) is 19.0 Å². The zero-order valence-electron chi connectivity index (χ0n) is 19.4. The number of hydrogen-bond acceptors (Lipinski definition) is 5. The number of nitrogens with zero attached hydrogens (tertiary/aromatic N) is 4. The van der Waals surface area contributed by atoms with E-state index in [1.54, 1.807) is 0 Å². The number of ether oxygens (including phenoxy) is 1. The average Bonchev–Trinajstić information content (AvgIpc) is 3.25. The van der Waals surface area contributed by atoms with Gasteiger partial charge in [0.25, 0.3) is 0 Å². The molecule has 1 aromatic rings. The van der Waals surface area contributed by atoms with Crippen LogP contribution in [0.25, 0.3) is 0 Å². The predicted octanol–water partition coefficient (Wildman–Crippen LogP) is 1.64. The van der Waals surface area contributed by atoms with Gasteiger partial charge in [-0.1, -0.05) is 24.3 Å². The van der Waals surface area contributed by atoms with Crippen molar-refractivity contribution in [1.82, 2.24) is 20.0 Å². The zero-order valence-corrected chi connectivity index (χ0v) is 21.7. The van der Waals surface area contributed by atoms with E-state index >= 15 is 0 Å². The van der Waals surface area contributed by atoms with Gasteiger partial charge in [0.2, 0.25) is 0 Å². The van der Waals surface area contributed by atoms with Crippen LogP contribution in [0.1, 0.15) is 24.5 Å². The maximum absolute atomic E-state index is 10.7. The van der Waals surface area contributed by atoms with Crippen molar-refractivity contribution >= 4 is 29.9 Å². The molecule has 180 valence electrons. The van der Waals surface area contributed by atoms with Gasteiger partial charge in [-0.05, 0) is 36.8 Å². The topological polar surface area (TPSA) is 63.6 Å². The molecule has 0 aliphatic carbocycles. The fourth-order valence-electron chi connectivity index (χ4n) is 5.01. The lowest BCUT2D eigenvalue weighted by Gasteiger charge is -2.30. The molecule has 0 saturated carbocycles. The van der Waals surface area contributed by atoms with Crippen molar-refractivity contribution in [3.63, 3.8) is 0 Å². The van der Waals surface area contributed by atoms with Gasteiger partial charge in [-0.3, -0.25) is 14.8 Å². The first kappa shape index (κ1) is 25.7. The number of fused-ring (bicyclic) bond motifs is 1. The molecule has 0 aromatic heterocycles. The molecule has 2 unspecified atom stereocenters. The maximum Gasteiger partial charge on any atom is 0.194 e. The number of benzene rings is 1. The monoisotopic (exact) mass is 557 g/mol. The van der Waals surface area contributed by atoms with E-state index in [1.165, 1.54) is 17.5 Å². The van der Waals surface area contributed by atoms with E-state index in [0.717, 1.165) is 78.0 Å². The van der Waals surface area contributed by atoms with Crippen molar-refractivity contribution in [2.75, 3.05) is 72.1 Å². The highest BCUT2D eigenvalue weighted by atomic mass is 127. The summed E-state index contributed by atoms with van der Waals surface area (Å²) in [5.41, 5.74) is 2.84. The van der Waals surface area contributed by atoms with Crippen LogP contribution in [0.15, 0.2) is 29.3 Å². The molecule has 7 nitrogen and oxygen atoms in total. The minimum absolute atomic E-state index is 0. The van der Waals surface area contributed by atoms with Gasteiger partial charge < -0.3 is 20.1 Å². The van der Waals surface area contributed by atoms with E-state index in [1.807, 2.05) is 0 Å². The van der Waals surface area contributed by atoms with Crippen LogP contribution in [0.2, 0.25) is 0 Å². The number of guanidine groups is 1. The summed E-state index contributed by atoms with van der Waals surface area (Å²) in [7, 11) is 0. The van der Waals surface area contributed by atoms with Gasteiger partial charge >= 0.3 is 0 Å². The van der Waals surface area contributed by atoms with Crippen LogP contribution in [0.4, 0.5) is 0 Å². The molecule has 3 aliphatic heterocycles. The number of aliphatic hydroxyl groups excluding tert-OH is 1. The Morgan fingerprint density at radius 3 is 2.72 bits per heavy atom. The van der Waals surface area contributed by atoms with Crippen LogP contribution in [-0.4, -0.2) is 104 Å². The third kappa shape index (κ3) is 7.28. The Labute approximate surface area is 210 Å². The fraction of sp³-hybridized carbons (Fsp3) is 0.708. The van der Waals surface area contributed by atoms with Crippen molar-refractivity contribution in [3.05, 3.63) is 35.4 Å². The molecule has 2 N–H and O–H groups in total. The molecule has 32 heavy (non-hydrogen) atoms. The number of nitrogens with one attached hydrogen (secondary N) is 1. The Kier molecular flexibility index (Phi) is 10.5. The van der Waals surface area contributed by atoms with Crippen LogP contribution in [0, 0.1) is 5.92 Å². The van der Waals surface area contributed by atoms with Gasteiger partial charge in [0.05, 0.1) is 25.9 Å². The molecule has 0 radical (unpaired) electrons. The number of halogens is 1. The molecule has 3 heterocycles. The average molecular weight is 558 g/mol. The van der Waals surface area contributed by atoms with Crippen molar-refractivity contribution in [2.24, 2.45) is 10.9 Å². The molecule has 2 fully saturated rings. The summed E-state index contributed by atoms with van der Waals surface area (Å²) in [6.45, 7) is 13.1. The smallest absolute Gasteiger partial charge is 0.194 e. The minimum atomic E-state index is -0.439. The lowest BCUT2D eigenvalue weighted by atomic mass is 10.00. The van der Waals surface area contributed by atoms with Crippen molar-refractivity contribution < 1.29 is 9.84 Å². The van der Waals surface area contributed by atoms with E-state index in [-0.39, 0.29) is 24.0 Å². The SMILES string of the molecule is CCNC(=NCC(O)CN1CCc2ccccc2C1)N1CCC(CN2CCOCC2)C1.I. The van der Waals surface area contributed by atoms with Gasteiger partial charge in [0.1, 0.15) is 0 Å². The molecular formula is C24H40IN5O2. The second kappa shape index (κ2) is 13.1. The second-order valence-corrected chi connectivity index (χ2v) is 9.12. The molecule has 3 aliphatic rings. The summed E-state index contributed by atoms with van der Waals surface area (Å²) in [6.07, 6.45) is 1.83. The number of rotatable bonds is 7. The Morgan fingerprint density at radius 2 is 1.94 bits per heavy atom. The molecule has 0 spiro atoms. The van der Waals surface area contributed by atoms with Gasteiger partial charge in [0.15, 0.2) is 5.96 Å². The number of morpholine rings is 1. The summed E-state index contributed by atoms with van der Waals surface area (Å²) >= 11 is 0. The van der Waals surface area contributed by atoms with Gasteiger partial charge in [-0.2, -0.15) is 0 Å². The van der Waals surface area contributed by atoms with Crippen molar-refractivity contribution in [3.8, 4) is 0 Å². The summed E-state index contributed by atoms with van der Waals surface area (Å²) in [5.74, 6) is 1.63. The van der Waals surface area contributed by atoms with Crippen LogP contribution in [0.3, 0.4) is 0 Å². The summed E-state index contributed by atoms with van der Waals surface area (Å²) in [4.78, 5) is 12.1. The number of β-amino-alcohol motifs (C(OH)–C–C–N with tert-alkyl or cyclic N) is 1. The molecular weight excluding hydrogens is 517 g/mol. The van der Waals surface area contributed by atoms with E-state index in [2.05, 4.69) is 51.2 Å². The third-order valence-corrected chi connectivity index (χ3v) is 6.67. The number of hydrogen-bond donors (Lipinski definition) is 2. The maximum atomic E-state index is 10.7. The Hall–Kier alpha value is -0.940. The van der Waals surface area contributed by atoms with E-state index < -0.39 is 6.10 Å². The lowest BCUT2D eigenvalue weighted by Crippen LogP contribution is -2.43. The number of aliphatic hydroxyl groups is 1. The molecule has 0 amide bonds. The van der Waals surface area contributed by atoms with Crippen LogP contribution < -0.4 is 5.32 Å². The lowest BCUT2D eigenvalue weighted by molar-refractivity contribution is 0.0315. The highest BCUT2D eigenvalue weighted by Crippen LogP contribution is 2.20. The standard InChI is InChI=1S/C24H39N5O2.HI/c1-2-25-24(29-10-7-20(17-29)16-27-11-13-31-14-12-27)26-15-23(30)19-28-9-8-21-5-3-4-6-22(21)18-28;/h3-6,20,23,30H,2,7-19H2,1H3,(H,25,26);1H. The highest BCUT2D eigenvalue weighted by molar-refractivity contribution is 14.0. The first-order chi connectivity index (χ1) is 15.2. The molecule has 4 rings (SSSR count). The first-order valence-corrected chi connectivity index (χ1v) is 12.0. The highest BCUT2D eigenvalue weighted by Gasteiger charge is 2.27. The minimum Gasteiger partial charge on any atom is -0.390 e. The summed E-state index contributed by atoms with van der Waals surface area (Å²) in [6, 6.07) is 8.65. The Balaban J connectivity index is 0.00000289. The van der Waals surface area contributed by atoms with Gasteiger partial charge in [-0.15, -0.1) is 24.0 Å². The van der Waals surface area contributed by atoms with E-state index in [4.69, 9.17) is 9.73 Å². The quantitative estimate of drug-likeness (QED) is 0.302.